The SMILES string of the molecule is CC(NC1CCCN(c2cccnn2)C1)C(C)(C)C(F)F. The molecule has 1 aliphatic heterocycles. The minimum absolute atomic E-state index is 0.203. The summed E-state index contributed by atoms with van der Waals surface area (Å²) in [6, 6.07) is 3.75. The Morgan fingerprint density at radius 3 is 2.81 bits per heavy atom. The Hall–Kier alpha value is -1.30. The second-order valence-corrected chi connectivity index (χ2v) is 6.38. The van der Waals surface area contributed by atoms with E-state index < -0.39 is 11.8 Å². The maximum absolute atomic E-state index is 13.1. The highest BCUT2D eigenvalue weighted by Crippen LogP contribution is 2.29. The van der Waals surface area contributed by atoms with Gasteiger partial charge in [0.25, 0.3) is 0 Å². The highest BCUT2D eigenvalue weighted by molar-refractivity contribution is 5.37. The third-order valence-electron chi connectivity index (χ3n) is 4.47. The molecule has 1 aromatic rings. The summed E-state index contributed by atoms with van der Waals surface area (Å²) in [5.41, 5.74) is -1.03. The molecule has 1 aromatic heterocycles. The molecular formula is C15H24F2N4. The van der Waals surface area contributed by atoms with Crippen LogP contribution >= 0.6 is 0 Å². The fourth-order valence-corrected chi connectivity index (χ4v) is 2.54. The molecule has 2 atom stereocenters. The molecule has 21 heavy (non-hydrogen) atoms. The summed E-state index contributed by atoms with van der Waals surface area (Å²) in [5.74, 6) is 0.852. The number of rotatable bonds is 5. The first kappa shape index (κ1) is 16.1. The van der Waals surface area contributed by atoms with Gasteiger partial charge in [-0.15, -0.1) is 5.10 Å². The number of hydrogen-bond acceptors (Lipinski definition) is 4. The van der Waals surface area contributed by atoms with Crippen molar-refractivity contribution in [2.45, 2.75) is 52.1 Å². The van der Waals surface area contributed by atoms with Gasteiger partial charge in [0, 0.05) is 36.8 Å². The molecule has 1 N–H and O–H groups in total. The van der Waals surface area contributed by atoms with E-state index in [0.29, 0.717) is 0 Å². The highest BCUT2D eigenvalue weighted by Gasteiger charge is 2.37. The molecule has 2 heterocycles. The molecule has 4 nitrogen and oxygen atoms in total. The predicted octanol–water partition coefficient (Wildman–Crippen LogP) is 2.71. The number of nitrogens with one attached hydrogen (secondary N) is 1. The van der Waals surface area contributed by atoms with Gasteiger partial charge in [-0.1, -0.05) is 13.8 Å². The van der Waals surface area contributed by atoms with Crippen LogP contribution < -0.4 is 10.2 Å². The number of aromatic nitrogens is 2. The van der Waals surface area contributed by atoms with Gasteiger partial charge in [0.15, 0.2) is 5.82 Å². The zero-order valence-corrected chi connectivity index (χ0v) is 12.9. The number of anilines is 1. The average molecular weight is 298 g/mol. The van der Waals surface area contributed by atoms with E-state index in [1.54, 1.807) is 20.0 Å². The normalized spacial score (nSPS) is 21.6. The standard InChI is InChI=1S/C15H24F2N4/c1-11(15(2,3)14(16)17)19-12-6-5-9-21(10-12)13-7-4-8-18-20-13/h4,7-8,11-12,14,19H,5-6,9-10H2,1-3H3. The number of halogens is 2. The van der Waals surface area contributed by atoms with E-state index in [1.807, 2.05) is 19.1 Å². The smallest absolute Gasteiger partial charge is 0.245 e. The van der Waals surface area contributed by atoms with Crippen molar-refractivity contribution in [2.24, 2.45) is 5.41 Å². The topological polar surface area (TPSA) is 41.0 Å². The quantitative estimate of drug-likeness (QED) is 0.907. The monoisotopic (exact) mass is 298 g/mol. The van der Waals surface area contributed by atoms with Crippen LogP contribution in [0.4, 0.5) is 14.6 Å². The maximum atomic E-state index is 13.1. The molecule has 0 aliphatic carbocycles. The largest absolute Gasteiger partial charge is 0.354 e. The molecule has 0 spiro atoms. The number of nitrogens with zero attached hydrogens (tertiary/aromatic N) is 3. The fraction of sp³-hybridized carbons (Fsp3) is 0.733. The molecule has 1 saturated heterocycles. The van der Waals surface area contributed by atoms with Crippen molar-refractivity contribution in [3.05, 3.63) is 18.3 Å². The number of hydrogen-bond donors (Lipinski definition) is 1. The van der Waals surface area contributed by atoms with Crippen molar-refractivity contribution in [3.8, 4) is 0 Å². The molecule has 0 aromatic carbocycles. The Kier molecular flexibility index (Phi) is 5.08. The van der Waals surface area contributed by atoms with Crippen molar-refractivity contribution in [2.75, 3.05) is 18.0 Å². The molecular weight excluding hydrogens is 274 g/mol. The molecule has 0 amide bonds. The van der Waals surface area contributed by atoms with E-state index in [0.717, 1.165) is 31.7 Å². The van der Waals surface area contributed by atoms with Crippen LogP contribution in [0.15, 0.2) is 18.3 Å². The summed E-state index contributed by atoms with van der Waals surface area (Å²) in [6.07, 6.45) is 1.34. The molecule has 0 saturated carbocycles. The Morgan fingerprint density at radius 2 is 2.19 bits per heavy atom. The lowest BCUT2D eigenvalue weighted by molar-refractivity contribution is -0.00514. The van der Waals surface area contributed by atoms with Crippen LogP contribution in [0.25, 0.3) is 0 Å². The van der Waals surface area contributed by atoms with Crippen LogP contribution in [-0.4, -0.2) is 41.8 Å². The number of piperidine rings is 1. The molecule has 118 valence electrons. The molecule has 6 heteroatoms. The highest BCUT2D eigenvalue weighted by atomic mass is 19.3. The van der Waals surface area contributed by atoms with E-state index in [4.69, 9.17) is 0 Å². The van der Waals surface area contributed by atoms with Crippen molar-refractivity contribution in [3.63, 3.8) is 0 Å². The summed E-state index contributed by atoms with van der Waals surface area (Å²) in [7, 11) is 0. The van der Waals surface area contributed by atoms with Crippen molar-refractivity contribution >= 4 is 5.82 Å². The second-order valence-electron chi connectivity index (χ2n) is 6.38. The average Bonchev–Trinajstić information content (AvgIpc) is 2.48. The van der Waals surface area contributed by atoms with Gasteiger partial charge in [-0.25, -0.2) is 8.78 Å². The van der Waals surface area contributed by atoms with E-state index in [2.05, 4.69) is 20.4 Å². The van der Waals surface area contributed by atoms with Gasteiger partial charge in [-0.3, -0.25) is 0 Å². The van der Waals surface area contributed by atoms with Crippen molar-refractivity contribution < 1.29 is 8.78 Å². The van der Waals surface area contributed by atoms with Crippen LogP contribution in [0.3, 0.4) is 0 Å². The van der Waals surface area contributed by atoms with Gasteiger partial charge in [0.2, 0.25) is 6.43 Å². The Labute approximate surface area is 124 Å². The molecule has 2 rings (SSSR count). The first-order valence-electron chi connectivity index (χ1n) is 7.48. The van der Waals surface area contributed by atoms with Crippen molar-refractivity contribution in [1.82, 2.24) is 15.5 Å². The van der Waals surface area contributed by atoms with Crippen LogP contribution in [0, 0.1) is 5.41 Å². The van der Waals surface area contributed by atoms with Gasteiger partial charge in [-0.2, -0.15) is 5.10 Å². The van der Waals surface area contributed by atoms with Gasteiger partial charge >= 0.3 is 0 Å². The second kappa shape index (κ2) is 6.64. The Morgan fingerprint density at radius 1 is 1.43 bits per heavy atom. The third-order valence-corrected chi connectivity index (χ3v) is 4.47. The van der Waals surface area contributed by atoms with E-state index >= 15 is 0 Å². The summed E-state index contributed by atoms with van der Waals surface area (Å²) < 4.78 is 26.2. The van der Waals surface area contributed by atoms with Crippen LogP contribution in [-0.2, 0) is 0 Å². The summed E-state index contributed by atoms with van der Waals surface area (Å²) in [6.45, 7) is 6.77. The first-order chi connectivity index (χ1) is 9.91. The van der Waals surface area contributed by atoms with Crippen LogP contribution in [0.5, 0.6) is 0 Å². The van der Waals surface area contributed by atoms with Gasteiger partial charge in [0.05, 0.1) is 0 Å². The molecule has 1 aliphatic rings. The zero-order chi connectivity index (χ0) is 15.5. The van der Waals surface area contributed by atoms with Gasteiger partial charge in [-0.05, 0) is 31.9 Å². The summed E-state index contributed by atoms with van der Waals surface area (Å²) >= 11 is 0. The minimum atomic E-state index is -2.33. The predicted molar refractivity (Wildman–Crippen MR) is 79.6 cm³/mol. The fourth-order valence-electron chi connectivity index (χ4n) is 2.54. The lowest BCUT2D eigenvalue weighted by Gasteiger charge is -2.39. The van der Waals surface area contributed by atoms with E-state index in [9.17, 15) is 8.78 Å². The Balaban J connectivity index is 1.96. The van der Waals surface area contributed by atoms with Crippen LogP contribution in [0.1, 0.15) is 33.6 Å². The third kappa shape index (κ3) is 3.87. The summed E-state index contributed by atoms with van der Waals surface area (Å²) in [4.78, 5) is 2.16. The first-order valence-corrected chi connectivity index (χ1v) is 7.48. The van der Waals surface area contributed by atoms with E-state index in [1.165, 1.54) is 0 Å². The van der Waals surface area contributed by atoms with E-state index in [-0.39, 0.29) is 12.1 Å². The molecule has 0 bridgehead atoms. The maximum Gasteiger partial charge on any atom is 0.245 e. The Bertz CT molecular complexity index is 439. The lowest BCUT2D eigenvalue weighted by Crippen LogP contribution is -2.53. The molecule has 2 unspecified atom stereocenters. The zero-order valence-electron chi connectivity index (χ0n) is 12.9. The summed E-state index contributed by atoms with van der Waals surface area (Å²) in [5, 5.41) is 11.4. The molecule has 0 radical (unpaired) electrons. The van der Waals surface area contributed by atoms with Gasteiger partial charge in [0.1, 0.15) is 0 Å². The van der Waals surface area contributed by atoms with Crippen molar-refractivity contribution in [1.29, 1.82) is 0 Å². The number of alkyl halides is 2. The van der Waals surface area contributed by atoms with Gasteiger partial charge < -0.3 is 10.2 Å². The minimum Gasteiger partial charge on any atom is -0.354 e. The van der Waals surface area contributed by atoms with Crippen LogP contribution in [0.2, 0.25) is 0 Å². The molecule has 1 fully saturated rings. The lowest BCUT2D eigenvalue weighted by atomic mass is 9.85.